The van der Waals surface area contributed by atoms with Crippen LogP contribution in [-0.4, -0.2) is 29.9 Å². The molecule has 0 radical (unpaired) electrons. The zero-order valence-corrected chi connectivity index (χ0v) is 18.3. The summed E-state index contributed by atoms with van der Waals surface area (Å²) in [7, 11) is 1.40. The first-order valence-electron chi connectivity index (χ1n) is 9.78. The lowest BCUT2D eigenvalue weighted by molar-refractivity contribution is -0.384. The van der Waals surface area contributed by atoms with Gasteiger partial charge in [0.25, 0.3) is 5.69 Å². The number of carbonyl (C=O) groups excluding carboxylic acids is 2. The van der Waals surface area contributed by atoms with Gasteiger partial charge in [-0.15, -0.1) is 0 Å². The Morgan fingerprint density at radius 1 is 1.09 bits per heavy atom. The first-order chi connectivity index (χ1) is 16.4. The van der Waals surface area contributed by atoms with Crippen LogP contribution in [0.15, 0.2) is 77.4 Å². The Hall–Kier alpha value is -4.50. The van der Waals surface area contributed by atoms with Crippen LogP contribution in [0.4, 0.5) is 5.69 Å². The van der Waals surface area contributed by atoms with E-state index in [1.54, 1.807) is 36.4 Å². The highest BCUT2D eigenvalue weighted by Crippen LogP contribution is 2.31. The maximum absolute atomic E-state index is 12.4. The Bertz CT molecular complexity index is 1360. The average molecular weight is 479 g/mol. The molecule has 0 aromatic heterocycles. The molecule has 0 aliphatic carbocycles. The second-order valence-corrected chi connectivity index (χ2v) is 7.33. The van der Waals surface area contributed by atoms with E-state index in [0.29, 0.717) is 16.1 Å². The zero-order valence-electron chi connectivity index (χ0n) is 17.6. The molecule has 170 valence electrons. The van der Waals surface area contributed by atoms with Gasteiger partial charge < -0.3 is 14.2 Å². The van der Waals surface area contributed by atoms with Crippen molar-refractivity contribution in [1.29, 1.82) is 0 Å². The highest BCUT2D eigenvalue weighted by molar-refractivity contribution is 6.34. The van der Waals surface area contributed by atoms with E-state index in [0.717, 1.165) is 0 Å². The number of nitro groups is 1. The molecule has 10 heteroatoms. The number of halogens is 1. The van der Waals surface area contributed by atoms with Crippen molar-refractivity contribution in [3.63, 3.8) is 0 Å². The largest absolute Gasteiger partial charge is 0.493 e. The predicted octanol–water partition coefficient (Wildman–Crippen LogP) is 4.82. The monoisotopic (exact) mass is 478 g/mol. The van der Waals surface area contributed by atoms with Crippen LogP contribution >= 0.6 is 11.6 Å². The molecule has 0 saturated carbocycles. The normalized spacial score (nSPS) is 13.9. The minimum absolute atomic E-state index is 0.0626. The van der Waals surface area contributed by atoms with E-state index >= 15 is 0 Å². The van der Waals surface area contributed by atoms with Gasteiger partial charge in [0.2, 0.25) is 5.90 Å². The molecule has 3 aromatic carbocycles. The summed E-state index contributed by atoms with van der Waals surface area (Å²) in [6.45, 7) is 0. The number of nitrogens with zero attached hydrogens (tertiary/aromatic N) is 2. The lowest BCUT2D eigenvalue weighted by Crippen LogP contribution is -2.09. The van der Waals surface area contributed by atoms with Gasteiger partial charge in [-0.05, 0) is 48.0 Å². The molecule has 0 saturated heterocycles. The third kappa shape index (κ3) is 4.79. The summed E-state index contributed by atoms with van der Waals surface area (Å²) < 4.78 is 15.9. The topological polar surface area (TPSA) is 117 Å². The van der Waals surface area contributed by atoms with Gasteiger partial charge in [-0.2, -0.15) is 0 Å². The highest BCUT2D eigenvalue weighted by Gasteiger charge is 2.25. The van der Waals surface area contributed by atoms with Gasteiger partial charge in [0, 0.05) is 12.1 Å². The van der Waals surface area contributed by atoms with Crippen LogP contribution < -0.4 is 9.47 Å². The lowest BCUT2D eigenvalue weighted by atomic mass is 10.1. The van der Waals surface area contributed by atoms with Gasteiger partial charge in [0.05, 0.1) is 28.2 Å². The molecule has 0 fully saturated rings. The molecule has 3 aromatic rings. The number of nitro benzene ring substituents is 1. The van der Waals surface area contributed by atoms with Crippen molar-refractivity contribution in [2.45, 2.75) is 0 Å². The van der Waals surface area contributed by atoms with E-state index in [1.807, 2.05) is 0 Å². The Kier molecular flexibility index (Phi) is 6.37. The maximum atomic E-state index is 12.4. The number of carbonyl (C=O) groups is 2. The summed E-state index contributed by atoms with van der Waals surface area (Å²) in [6, 6.07) is 16.5. The van der Waals surface area contributed by atoms with Gasteiger partial charge >= 0.3 is 11.9 Å². The van der Waals surface area contributed by atoms with Crippen molar-refractivity contribution in [3.05, 3.63) is 104 Å². The molecule has 1 aliphatic heterocycles. The van der Waals surface area contributed by atoms with Crippen LogP contribution in [0, 0.1) is 10.1 Å². The number of esters is 2. The lowest BCUT2D eigenvalue weighted by Gasteiger charge is -2.10. The molecule has 0 N–H and O–H groups in total. The summed E-state index contributed by atoms with van der Waals surface area (Å²) in [4.78, 5) is 39.1. The van der Waals surface area contributed by atoms with E-state index in [-0.39, 0.29) is 34.3 Å². The Morgan fingerprint density at radius 2 is 1.82 bits per heavy atom. The number of hydrogen-bond acceptors (Lipinski definition) is 8. The zero-order chi connectivity index (χ0) is 24.2. The molecule has 0 unspecified atom stereocenters. The van der Waals surface area contributed by atoms with Gasteiger partial charge in [-0.3, -0.25) is 10.1 Å². The first-order valence-corrected chi connectivity index (χ1v) is 10.2. The summed E-state index contributed by atoms with van der Waals surface area (Å²) >= 11 is 6.14. The van der Waals surface area contributed by atoms with Crippen molar-refractivity contribution in [3.8, 4) is 11.5 Å². The summed E-state index contributed by atoms with van der Waals surface area (Å²) in [6.07, 6.45) is 1.50. The standard InChI is InChI=1S/C24H15ClN2O7/c1-32-21-13-14(12-19-24(29)34-22(26-19)17-4-2-3-5-18(17)25)6-11-20(21)33-23(28)15-7-9-16(10-8-15)27(30)31/h2-13H,1H3/b19-12-. The molecule has 9 nitrogen and oxygen atoms in total. The number of benzene rings is 3. The second kappa shape index (κ2) is 9.55. The maximum Gasteiger partial charge on any atom is 0.363 e. The van der Waals surface area contributed by atoms with Crippen molar-refractivity contribution in [2.24, 2.45) is 4.99 Å². The van der Waals surface area contributed by atoms with Crippen molar-refractivity contribution in [2.75, 3.05) is 7.11 Å². The molecule has 0 amide bonds. The Morgan fingerprint density at radius 3 is 2.50 bits per heavy atom. The molecule has 0 atom stereocenters. The molecule has 4 rings (SSSR count). The van der Waals surface area contributed by atoms with Crippen LogP contribution in [0.3, 0.4) is 0 Å². The molecular formula is C24H15ClN2O7. The van der Waals surface area contributed by atoms with Crippen molar-refractivity contribution in [1.82, 2.24) is 0 Å². The summed E-state index contributed by atoms with van der Waals surface area (Å²) in [5.74, 6) is -0.897. The van der Waals surface area contributed by atoms with Crippen molar-refractivity contribution >= 4 is 41.2 Å². The number of rotatable bonds is 6. The molecule has 0 spiro atoms. The van der Waals surface area contributed by atoms with E-state index in [1.165, 1.54) is 43.5 Å². The number of hydrogen-bond donors (Lipinski definition) is 0. The molecule has 1 heterocycles. The average Bonchev–Trinajstić information content (AvgIpc) is 3.19. The minimum Gasteiger partial charge on any atom is -0.493 e. The summed E-state index contributed by atoms with van der Waals surface area (Å²) in [5, 5.41) is 11.2. The molecule has 0 bridgehead atoms. The van der Waals surface area contributed by atoms with Crippen molar-refractivity contribution < 1.29 is 28.7 Å². The number of ether oxygens (including phenoxy) is 3. The molecule has 34 heavy (non-hydrogen) atoms. The number of non-ortho nitro benzene ring substituents is 1. The quantitative estimate of drug-likeness (QED) is 0.164. The fourth-order valence-electron chi connectivity index (χ4n) is 3.05. The van der Waals surface area contributed by atoms with E-state index in [2.05, 4.69) is 4.99 Å². The van der Waals surface area contributed by atoms with Gasteiger partial charge in [0.1, 0.15) is 0 Å². The third-order valence-electron chi connectivity index (χ3n) is 4.73. The fraction of sp³-hybridized carbons (Fsp3) is 0.0417. The van der Waals surface area contributed by atoms with Gasteiger partial charge in [-0.1, -0.05) is 29.8 Å². The van der Waals surface area contributed by atoms with Crippen LogP contribution in [0.2, 0.25) is 5.02 Å². The third-order valence-corrected chi connectivity index (χ3v) is 5.06. The number of methoxy groups -OCH3 is 1. The molecular weight excluding hydrogens is 464 g/mol. The minimum atomic E-state index is -0.715. The van der Waals surface area contributed by atoms with E-state index in [4.69, 9.17) is 25.8 Å². The molecule has 1 aliphatic rings. The van der Waals surface area contributed by atoms with Crippen LogP contribution in [-0.2, 0) is 9.53 Å². The van der Waals surface area contributed by atoms with E-state index < -0.39 is 16.9 Å². The van der Waals surface area contributed by atoms with Gasteiger partial charge in [-0.25, -0.2) is 14.6 Å². The van der Waals surface area contributed by atoms with Crippen LogP contribution in [0.5, 0.6) is 11.5 Å². The van der Waals surface area contributed by atoms with E-state index in [9.17, 15) is 19.7 Å². The highest BCUT2D eigenvalue weighted by atomic mass is 35.5. The second-order valence-electron chi connectivity index (χ2n) is 6.92. The SMILES string of the molecule is COc1cc(/C=C2\N=C(c3ccccc3Cl)OC2=O)ccc1OC(=O)c1ccc([N+](=O)[O-])cc1. The Labute approximate surface area is 198 Å². The predicted molar refractivity (Wildman–Crippen MR) is 123 cm³/mol. The summed E-state index contributed by atoms with van der Waals surface area (Å²) in [5.41, 5.74) is 1.09. The number of aliphatic imine (C=N–C) groups is 1. The Balaban J connectivity index is 1.56. The van der Waals surface area contributed by atoms with Crippen LogP contribution in [0.25, 0.3) is 6.08 Å². The van der Waals surface area contributed by atoms with Gasteiger partial charge in [0.15, 0.2) is 17.2 Å². The number of cyclic esters (lactones) is 1. The fourth-order valence-corrected chi connectivity index (χ4v) is 3.27. The first kappa shape index (κ1) is 22.7. The van der Waals surface area contributed by atoms with Crippen LogP contribution in [0.1, 0.15) is 21.5 Å². The smallest absolute Gasteiger partial charge is 0.363 e.